The Labute approximate surface area is 148 Å². The third-order valence-electron chi connectivity index (χ3n) is 3.36. The van der Waals surface area contributed by atoms with E-state index >= 15 is 0 Å². The molecule has 0 aliphatic carbocycles. The Kier molecular flexibility index (Phi) is 4.88. The van der Waals surface area contributed by atoms with E-state index in [4.69, 9.17) is 27.9 Å². The van der Waals surface area contributed by atoms with Gasteiger partial charge in [0.15, 0.2) is 5.82 Å². The van der Waals surface area contributed by atoms with Crippen molar-refractivity contribution in [2.24, 2.45) is 0 Å². The molecule has 1 heterocycles. The molecule has 0 saturated carbocycles. The number of ether oxygens (including phenoxy) is 1. The van der Waals surface area contributed by atoms with Crippen LogP contribution in [0.2, 0.25) is 5.02 Å². The first-order valence-corrected chi connectivity index (χ1v) is 8.12. The molecule has 122 valence electrons. The number of nitrogens with one attached hydrogen (secondary N) is 1. The number of hydrogen-bond donors (Lipinski definition) is 1. The zero-order chi connectivity index (χ0) is 17.1. The van der Waals surface area contributed by atoms with Crippen molar-refractivity contribution in [2.75, 3.05) is 6.61 Å². The molecule has 0 saturated heterocycles. The number of hydrogen-bond acceptors (Lipinski definition) is 3. The number of nitrogens with zero attached hydrogens (tertiary/aromatic N) is 1. The molecular formula is C18H14Cl2N2O2. The number of aromatic amines is 1. The van der Waals surface area contributed by atoms with Gasteiger partial charge in [-0.15, -0.1) is 0 Å². The largest absolute Gasteiger partial charge is 0.494 e. The van der Waals surface area contributed by atoms with Gasteiger partial charge in [0.05, 0.1) is 22.5 Å². The SMILES string of the molecule is CCOc1cccc(C=C(Cl)c2nc3cc(Cl)ccc3c(=O)[nH]2)c1. The minimum absolute atomic E-state index is 0.263. The summed E-state index contributed by atoms with van der Waals surface area (Å²) < 4.78 is 5.46. The summed E-state index contributed by atoms with van der Waals surface area (Å²) in [6.45, 7) is 2.51. The van der Waals surface area contributed by atoms with Crippen LogP contribution in [0.3, 0.4) is 0 Å². The molecule has 0 atom stereocenters. The van der Waals surface area contributed by atoms with Crippen LogP contribution in [0.1, 0.15) is 18.3 Å². The van der Waals surface area contributed by atoms with E-state index in [0.717, 1.165) is 11.3 Å². The first-order chi connectivity index (χ1) is 11.6. The summed E-state index contributed by atoms with van der Waals surface area (Å²) in [6, 6.07) is 12.4. The van der Waals surface area contributed by atoms with Crippen LogP contribution in [-0.2, 0) is 0 Å². The van der Waals surface area contributed by atoms with E-state index in [1.54, 1.807) is 24.3 Å². The molecule has 6 heteroatoms. The first-order valence-electron chi connectivity index (χ1n) is 7.37. The number of rotatable bonds is 4. The molecule has 1 N–H and O–H groups in total. The fraction of sp³-hybridized carbons (Fsp3) is 0.111. The van der Waals surface area contributed by atoms with Gasteiger partial charge in [-0.1, -0.05) is 35.3 Å². The molecule has 3 rings (SSSR count). The summed E-state index contributed by atoms with van der Waals surface area (Å²) in [5.41, 5.74) is 1.08. The second-order valence-electron chi connectivity index (χ2n) is 5.07. The first kappa shape index (κ1) is 16.6. The molecule has 0 radical (unpaired) electrons. The lowest BCUT2D eigenvalue weighted by Crippen LogP contribution is -2.10. The monoisotopic (exact) mass is 360 g/mol. The van der Waals surface area contributed by atoms with Gasteiger partial charge in [-0.05, 0) is 48.9 Å². The van der Waals surface area contributed by atoms with Crippen LogP contribution in [0.4, 0.5) is 0 Å². The van der Waals surface area contributed by atoms with Crippen LogP contribution in [0, 0.1) is 0 Å². The normalized spacial score (nSPS) is 11.7. The Morgan fingerprint density at radius 3 is 2.92 bits per heavy atom. The maximum atomic E-state index is 12.2. The van der Waals surface area contributed by atoms with E-state index in [1.165, 1.54) is 0 Å². The smallest absolute Gasteiger partial charge is 0.259 e. The molecule has 0 aliphatic rings. The van der Waals surface area contributed by atoms with E-state index in [2.05, 4.69) is 9.97 Å². The van der Waals surface area contributed by atoms with E-state index in [0.29, 0.717) is 33.4 Å². The highest BCUT2D eigenvalue weighted by Gasteiger charge is 2.07. The third kappa shape index (κ3) is 3.61. The molecule has 0 spiro atoms. The van der Waals surface area contributed by atoms with Crippen LogP contribution in [0.15, 0.2) is 47.3 Å². The number of benzene rings is 2. The third-order valence-corrected chi connectivity index (χ3v) is 3.88. The fourth-order valence-corrected chi connectivity index (χ4v) is 2.68. The maximum absolute atomic E-state index is 12.2. The van der Waals surface area contributed by atoms with Gasteiger partial charge < -0.3 is 9.72 Å². The second kappa shape index (κ2) is 7.07. The summed E-state index contributed by atoms with van der Waals surface area (Å²) in [5, 5.41) is 1.30. The summed E-state index contributed by atoms with van der Waals surface area (Å²) in [4.78, 5) is 19.2. The quantitative estimate of drug-likeness (QED) is 0.732. The predicted octanol–water partition coefficient (Wildman–Crippen LogP) is 4.71. The van der Waals surface area contributed by atoms with Crippen molar-refractivity contribution in [3.05, 3.63) is 69.2 Å². The second-order valence-corrected chi connectivity index (χ2v) is 5.92. The molecular weight excluding hydrogens is 347 g/mol. The van der Waals surface area contributed by atoms with Crippen LogP contribution >= 0.6 is 23.2 Å². The molecule has 0 bridgehead atoms. The molecule has 1 aromatic heterocycles. The number of halogens is 2. The van der Waals surface area contributed by atoms with Crippen molar-refractivity contribution in [1.82, 2.24) is 9.97 Å². The molecule has 24 heavy (non-hydrogen) atoms. The molecule has 0 unspecified atom stereocenters. The van der Waals surface area contributed by atoms with Crippen molar-refractivity contribution in [3.8, 4) is 5.75 Å². The molecule has 0 fully saturated rings. The highest BCUT2D eigenvalue weighted by molar-refractivity contribution is 6.50. The van der Waals surface area contributed by atoms with Gasteiger partial charge in [-0.3, -0.25) is 4.79 Å². The lowest BCUT2D eigenvalue weighted by molar-refractivity contribution is 0.340. The summed E-state index contributed by atoms with van der Waals surface area (Å²) in [6.07, 6.45) is 1.72. The lowest BCUT2D eigenvalue weighted by atomic mass is 10.2. The van der Waals surface area contributed by atoms with Crippen LogP contribution in [0.25, 0.3) is 22.0 Å². The molecule has 2 aromatic carbocycles. The molecule has 3 aromatic rings. The van der Waals surface area contributed by atoms with Crippen molar-refractivity contribution >= 4 is 45.2 Å². The van der Waals surface area contributed by atoms with Crippen LogP contribution < -0.4 is 10.3 Å². The number of fused-ring (bicyclic) bond motifs is 1. The van der Waals surface area contributed by atoms with E-state index < -0.39 is 0 Å². The lowest BCUT2D eigenvalue weighted by Gasteiger charge is -2.05. The van der Waals surface area contributed by atoms with E-state index in [1.807, 2.05) is 31.2 Å². The minimum atomic E-state index is -0.263. The van der Waals surface area contributed by atoms with Gasteiger partial charge in [-0.25, -0.2) is 4.98 Å². The highest BCUT2D eigenvalue weighted by Crippen LogP contribution is 2.23. The average Bonchev–Trinajstić information content (AvgIpc) is 2.55. The zero-order valence-electron chi connectivity index (χ0n) is 12.8. The van der Waals surface area contributed by atoms with Crippen molar-refractivity contribution in [1.29, 1.82) is 0 Å². The van der Waals surface area contributed by atoms with Crippen molar-refractivity contribution < 1.29 is 4.74 Å². The van der Waals surface area contributed by atoms with Crippen LogP contribution in [-0.4, -0.2) is 16.6 Å². The number of H-pyrrole nitrogens is 1. The van der Waals surface area contributed by atoms with Gasteiger partial charge in [-0.2, -0.15) is 0 Å². The zero-order valence-corrected chi connectivity index (χ0v) is 14.4. The van der Waals surface area contributed by atoms with Gasteiger partial charge >= 0.3 is 0 Å². The average molecular weight is 361 g/mol. The maximum Gasteiger partial charge on any atom is 0.259 e. The summed E-state index contributed by atoms with van der Waals surface area (Å²) in [7, 11) is 0. The van der Waals surface area contributed by atoms with Gasteiger partial charge in [0.25, 0.3) is 5.56 Å². The van der Waals surface area contributed by atoms with Gasteiger partial charge in [0.1, 0.15) is 5.75 Å². The van der Waals surface area contributed by atoms with Gasteiger partial charge in [0, 0.05) is 5.02 Å². The highest BCUT2D eigenvalue weighted by atomic mass is 35.5. The number of aromatic nitrogens is 2. The Hall–Kier alpha value is -2.30. The van der Waals surface area contributed by atoms with Crippen molar-refractivity contribution in [3.63, 3.8) is 0 Å². The Balaban J connectivity index is 2.03. The topological polar surface area (TPSA) is 55.0 Å². The molecule has 4 nitrogen and oxygen atoms in total. The predicted molar refractivity (Wildman–Crippen MR) is 98.7 cm³/mol. The summed E-state index contributed by atoms with van der Waals surface area (Å²) >= 11 is 12.3. The fourth-order valence-electron chi connectivity index (χ4n) is 2.30. The van der Waals surface area contributed by atoms with E-state index in [-0.39, 0.29) is 5.56 Å². The Morgan fingerprint density at radius 2 is 2.12 bits per heavy atom. The van der Waals surface area contributed by atoms with E-state index in [9.17, 15) is 4.79 Å². The van der Waals surface area contributed by atoms with Crippen LogP contribution in [0.5, 0.6) is 5.75 Å². The molecule has 0 aliphatic heterocycles. The minimum Gasteiger partial charge on any atom is -0.494 e. The molecule has 0 amide bonds. The Morgan fingerprint density at radius 1 is 1.29 bits per heavy atom. The Bertz CT molecular complexity index is 980. The summed E-state index contributed by atoms with van der Waals surface area (Å²) in [5.74, 6) is 1.04. The standard InChI is InChI=1S/C18H14Cl2N2O2/c1-2-24-13-5-3-4-11(8-13)9-15(20)17-21-16-10-12(19)6-7-14(16)18(23)22-17/h3-10H,2H2,1H3,(H,21,22,23). The van der Waals surface area contributed by atoms with Gasteiger partial charge in [0.2, 0.25) is 0 Å². The van der Waals surface area contributed by atoms with Crippen molar-refractivity contribution in [2.45, 2.75) is 6.92 Å².